The normalized spacial score (nSPS) is 19.5. The molecular weight excluding hydrogens is 317 g/mol. The zero-order valence-corrected chi connectivity index (χ0v) is 12.9. The molecule has 1 atom stereocenters. The minimum atomic E-state index is -4.67. The third-order valence-corrected chi connectivity index (χ3v) is 4.67. The molecule has 0 amide bonds. The molecule has 22 heavy (non-hydrogen) atoms. The van der Waals surface area contributed by atoms with Crippen molar-refractivity contribution in [2.45, 2.75) is 44.9 Å². The van der Waals surface area contributed by atoms with E-state index in [9.17, 15) is 18.0 Å². The van der Waals surface area contributed by atoms with E-state index in [4.69, 9.17) is 0 Å². The first-order valence-electron chi connectivity index (χ1n) is 7.02. The van der Waals surface area contributed by atoms with Crippen molar-refractivity contribution in [2.75, 3.05) is 6.54 Å². The predicted octanol–water partition coefficient (Wildman–Crippen LogP) is 2.88. The molecule has 1 aliphatic rings. The van der Waals surface area contributed by atoms with Crippen LogP contribution in [0.2, 0.25) is 0 Å². The van der Waals surface area contributed by atoms with Gasteiger partial charge in [0.25, 0.3) is 5.56 Å². The molecule has 1 N–H and O–H groups in total. The summed E-state index contributed by atoms with van der Waals surface area (Å²) in [6.45, 7) is 3.89. The molecule has 1 fully saturated rings. The molecule has 2 aromatic rings. The van der Waals surface area contributed by atoms with Crippen LogP contribution in [0.25, 0.3) is 10.3 Å². The molecule has 3 heterocycles. The number of hydrogen-bond acceptors (Lipinski definition) is 5. The van der Waals surface area contributed by atoms with Crippen LogP contribution in [0, 0.1) is 0 Å². The molecule has 120 valence electrons. The van der Waals surface area contributed by atoms with Crippen molar-refractivity contribution in [3.05, 3.63) is 21.2 Å². The zero-order chi connectivity index (χ0) is 16.1. The number of thiazole rings is 1. The first-order valence-corrected chi connectivity index (χ1v) is 7.84. The Kier molecular flexibility index (Phi) is 3.72. The summed E-state index contributed by atoms with van der Waals surface area (Å²) in [5.74, 6) is -1.16. The maximum absolute atomic E-state index is 13.2. The van der Waals surface area contributed by atoms with Gasteiger partial charge in [0.05, 0.1) is 6.04 Å². The first kappa shape index (κ1) is 15.4. The van der Waals surface area contributed by atoms with E-state index in [0.29, 0.717) is 9.57 Å². The van der Waals surface area contributed by atoms with Gasteiger partial charge in [-0.1, -0.05) is 11.3 Å². The maximum atomic E-state index is 13.2. The lowest BCUT2D eigenvalue weighted by molar-refractivity contribution is -0.148. The van der Waals surface area contributed by atoms with Crippen molar-refractivity contribution in [1.82, 2.24) is 19.9 Å². The van der Waals surface area contributed by atoms with Gasteiger partial charge >= 0.3 is 6.18 Å². The molecule has 5 nitrogen and oxygen atoms in total. The first-order chi connectivity index (χ1) is 10.3. The Morgan fingerprint density at radius 2 is 2.09 bits per heavy atom. The van der Waals surface area contributed by atoms with Crippen LogP contribution >= 0.6 is 11.3 Å². The molecular formula is C13H15F3N4OS. The van der Waals surface area contributed by atoms with Crippen molar-refractivity contribution < 1.29 is 13.2 Å². The molecule has 0 radical (unpaired) electrons. The van der Waals surface area contributed by atoms with E-state index in [1.165, 1.54) is 13.8 Å². The van der Waals surface area contributed by atoms with Crippen molar-refractivity contribution in [3.63, 3.8) is 0 Å². The van der Waals surface area contributed by atoms with Crippen molar-refractivity contribution in [1.29, 1.82) is 0 Å². The summed E-state index contributed by atoms with van der Waals surface area (Å²) in [6, 6.07) is -0.642. The van der Waals surface area contributed by atoms with Crippen molar-refractivity contribution in [3.8, 4) is 0 Å². The average Bonchev–Trinajstić information content (AvgIpc) is 3.05. The summed E-state index contributed by atoms with van der Waals surface area (Å²) in [6.07, 6.45) is -2.82. The SMILES string of the molecule is CC(C)n1c(C(F)(F)F)nc2sc(C3CCCN3)nc2c1=O. The molecule has 2 aromatic heterocycles. The van der Waals surface area contributed by atoms with Crippen molar-refractivity contribution in [2.24, 2.45) is 0 Å². The van der Waals surface area contributed by atoms with Crippen LogP contribution in [0.15, 0.2) is 4.79 Å². The Balaban J connectivity index is 2.24. The van der Waals surface area contributed by atoms with Crippen LogP contribution in [0.1, 0.15) is 49.6 Å². The molecule has 0 aliphatic carbocycles. The minimum absolute atomic E-state index is 0.000404. The molecule has 0 bridgehead atoms. The molecule has 0 aromatic carbocycles. The highest BCUT2D eigenvalue weighted by atomic mass is 32.1. The lowest BCUT2D eigenvalue weighted by Crippen LogP contribution is -2.31. The number of halogens is 3. The van der Waals surface area contributed by atoms with Gasteiger partial charge in [-0.05, 0) is 33.2 Å². The van der Waals surface area contributed by atoms with E-state index in [1.54, 1.807) is 0 Å². The van der Waals surface area contributed by atoms with Crippen LogP contribution in [0.4, 0.5) is 13.2 Å². The number of aromatic nitrogens is 3. The van der Waals surface area contributed by atoms with Crippen LogP contribution in [0.5, 0.6) is 0 Å². The number of fused-ring (bicyclic) bond motifs is 1. The van der Waals surface area contributed by atoms with Crippen LogP contribution in [-0.2, 0) is 6.18 Å². The molecule has 1 unspecified atom stereocenters. The number of nitrogens with one attached hydrogen (secondary N) is 1. The quantitative estimate of drug-likeness (QED) is 0.919. The van der Waals surface area contributed by atoms with E-state index >= 15 is 0 Å². The van der Waals surface area contributed by atoms with E-state index < -0.39 is 23.6 Å². The molecule has 1 aliphatic heterocycles. The van der Waals surface area contributed by atoms with Crippen LogP contribution in [-0.4, -0.2) is 21.1 Å². The second-order valence-corrected chi connectivity index (χ2v) is 6.57. The van der Waals surface area contributed by atoms with Gasteiger partial charge in [-0.3, -0.25) is 9.36 Å². The second-order valence-electron chi connectivity index (χ2n) is 5.56. The molecule has 0 saturated carbocycles. The monoisotopic (exact) mass is 332 g/mol. The Bertz CT molecular complexity index is 759. The van der Waals surface area contributed by atoms with Gasteiger partial charge in [0.1, 0.15) is 5.01 Å². The van der Waals surface area contributed by atoms with Gasteiger partial charge in [0.15, 0.2) is 10.3 Å². The minimum Gasteiger partial charge on any atom is -0.308 e. The van der Waals surface area contributed by atoms with E-state index in [1.807, 2.05) is 0 Å². The summed E-state index contributed by atoms with van der Waals surface area (Å²) in [5.41, 5.74) is -0.705. The van der Waals surface area contributed by atoms with Gasteiger partial charge in [-0.2, -0.15) is 13.2 Å². The lowest BCUT2D eigenvalue weighted by atomic mass is 10.2. The molecule has 0 spiro atoms. The van der Waals surface area contributed by atoms with E-state index in [-0.39, 0.29) is 16.4 Å². The second kappa shape index (κ2) is 5.31. The maximum Gasteiger partial charge on any atom is 0.449 e. The largest absolute Gasteiger partial charge is 0.449 e. The predicted molar refractivity (Wildman–Crippen MR) is 77.0 cm³/mol. The Morgan fingerprint density at radius 3 is 2.64 bits per heavy atom. The van der Waals surface area contributed by atoms with E-state index in [2.05, 4.69) is 15.3 Å². The van der Waals surface area contributed by atoms with E-state index in [0.717, 1.165) is 30.7 Å². The van der Waals surface area contributed by atoms with Crippen LogP contribution in [0.3, 0.4) is 0 Å². The summed E-state index contributed by atoms with van der Waals surface area (Å²) in [7, 11) is 0. The number of nitrogens with zero attached hydrogens (tertiary/aromatic N) is 3. The Hall–Kier alpha value is -1.48. The lowest BCUT2D eigenvalue weighted by Gasteiger charge is -2.16. The number of rotatable bonds is 2. The summed E-state index contributed by atoms with van der Waals surface area (Å²) in [4.78, 5) is 20.4. The molecule has 9 heteroatoms. The summed E-state index contributed by atoms with van der Waals surface area (Å²) >= 11 is 1.06. The fourth-order valence-corrected chi connectivity index (χ4v) is 3.67. The van der Waals surface area contributed by atoms with Gasteiger partial charge in [-0.25, -0.2) is 9.97 Å². The Labute approximate surface area is 128 Å². The fraction of sp³-hybridized carbons (Fsp3) is 0.615. The van der Waals surface area contributed by atoms with Gasteiger partial charge in [-0.15, -0.1) is 0 Å². The summed E-state index contributed by atoms with van der Waals surface area (Å²) < 4.78 is 40.2. The smallest absolute Gasteiger partial charge is 0.308 e. The van der Waals surface area contributed by atoms with Crippen LogP contribution < -0.4 is 10.9 Å². The highest BCUT2D eigenvalue weighted by Crippen LogP contribution is 2.33. The highest BCUT2D eigenvalue weighted by Gasteiger charge is 2.38. The third kappa shape index (κ3) is 2.52. The summed E-state index contributed by atoms with van der Waals surface area (Å²) in [5, 5.41) is 3.86. The van der Waals surface area contributed by atoms with Gasteiger partial charge in [0, 0.05) is 6.04 Å². The highest BCUT2D eigenvalue weighted by molar-refractivity contribution is 7.18. The number of alkyl halides is 3. The molecule has 3 rings (SSSR count). The zero-order valence-electron chi connectivity index (χ0n) is 12.1. The Morgan fingerprint density at radius 1 is 1.36 bits per heavy atom. The topological polar surface area (TPSA) is 59.8 Å². The van der Waals surface area contributed by atoms with Gasteiger partial charge in [0.2, 0.25) is 5.82 Å². The fourth-order valence-electron chi connectivity index (χ4n) is 2.63. The average molecular weight is 332 g/mol. The standard InChI is InChI=1S/C13H15F3N4OS/c1-6(2)20-11(21)8-10(19-12(20)13(14,15)16)22-9(18-8)7-4-3-5-17-7/h6-7,17H,3-5H2,1-2H3. The number of hydrogen-bond donors (Lipinski definition) is 1. The third-order valence-electron chi connectivity index (χ3n) is 3.61. The van der Waals surface area contributed by atoms with Gasteiger partial charge < -0.3 is 5.32 Å². The van der Waals surface area contributed by atoms with Crippen molar-refractivity contribution >= 4 is 21.7 Å². The molecule has 1 saturated heterocycles.